The number of hydrogen-bond acceptors (Lipinski definition) is 4. The van der Waals surface area contributed by atoms with Gasteiger partial charge < -0.3 is 4.57 Å². The Kier molecular flexibility index (Phi) is 3.31. The second kappa shape index (κ2) is 5.13. The molecule has 6 heteroatoms. The lowest BCUT2D eigenvalue weighted by Gasteiger charge is -2.06. The van der Waals surface area contributed by atoms with Crippen LogP contribution in [0.2, 0.25) is 0 Å². The highest BCUT2D eigenvalue weighted by atomic mass is 32.2. The second-order valence-electron chi connectivity index (χ2n) is 4.58. The molecule has 0 N–H and O–H groups in total. The third-order valence-corrected chi connectivity index (χ3v) is 4.16. The van der Waals surface area contributed by atoms with Gasteiger partial charge >= 0.3 is 0 Å². The number of aromatic nitrogens is 4. The van der Waals surface area contributed by atoms with Crippen LogP contribution in [0, 0.1) is 6.92 Å². The molecule has 0 atom stereocenters. The summed E-state index contributed by atoms with van der Waals surface area (Å²) in [6.45, 7) is 1.96. The fourth-order valence-corrected chi connectivity index (χ4v) is 2.84. The van der Waals surface area contributed by atoms with Gasteiger partial charge in [-0.05, 0) is 18.6 Å². The summed E-state index contributed by atoms with van der Waals surface area (Å²) in [6.07, 6.45) is 5.40. The van der Waals surface area contributed by atoms with Gasteiger partial charge in [0.15, 0.2) is 5.16 Å². The van der Waals surface area contributed by atoms with Crippen molar-refractivity contribution in [1.82, 2.24) is 18.9 Å². The van der Waals surface area contributed by atoms with Crippen LogP contribution in [0.1, 0.15) is 11.3 Å². The van der Waals surface area contributed by atoms with Crippen molar-refractivity contribution in [3.05, 3.63) is 58.4 Å². The fraction of sp³-hybridized carbons (Fsp3) is 0.214. The van der Waals surface area contributed by atoms with Crippen molar-refractivity contribution < 1.29 is 0 Å². The minimum Gasteiger partial charge on any atom is -0.329 e. The van der Waals surface area contributed by atoms with E-state index >= 15 is 0 Å². The van der Waals surface area contributed by atoms with E-state index in [1.807, 2.05) is 36.9 Å². The summed E-state index contributed by atoms with van der Waals surface area (Å²) in [5, 5.41) is 0.914. The average molecular weight is 286 g/mol. The van der Waals surface area contributed by atoms with Gasteiger partial charge in [-0.25, -0.2) is 9.97 Å². The van der Waals surface area contributed by atoms with Gasteiger partial charge in [-0.15, -0.1) is 0 Å². The Hall–Kier alpha value is -2.08. The van der Waals surface area contributed by atoms with Crippen LogP contribution in [0.3, 0.4) is 0 Å². The zero-order valence-corrected chi connectivity index (χ0v) is 12.1. The van der Waals surface area contributed by atoms with Gasteiger partial charge in [-0.2, -0.15) is 0 Å². The summed E-state index contributed by atoms with van der Waals surface area (Å²) >= 11 is 1.57. The third-order valence-electron chi connectivity index (χ3n) is 3.07. The summed E-state index contributed by atoms with van der Waals surface area (Å²) in [6, 6.07) is 5.40. The molecule has 0 aliphatic carbocycles. The first-order valence-corrected chi connectivity index (χ1v) is 7.22. The summed E-state index contributed by atoms with van der Waals surface area (Å²) < 4.78 is 3.52. The first-order chi connectivity index (χ1) is 9.65. The average Bonchev–Trinajstić information content (AvgIpc) is 2.83. The van der Waals surface area contributed by atoms with Gasteiger partial charge in [0.25, 0.3) is 5.56 Å². The first kappa shape index (κ1) is 12.9. The predicted molar refractivity (Wildman–Crippen MR) is 79.0 cm³/mol. The van der Waals surface area contributed by atoms with Crippen LogP contribution in [0.25, 0.3) is 5.65 Å². The van der Waals surface area contributed by atoms with Crippen LogP contribution in [0.15, 0.2) is 46.7 Å². The van der Waals surface area contributed by atoms with Gasteiger partial charge in [0, 0.05) is 37.5 Å². The van der Waals surface area contributed by atoms with Crippen molar-refractivity contribution in [1.29, 1.82) is 0 Å². The van der Waals surface area contributed by atoms with Crippen LogP contribution >= 0.6 is 11.8 Å². The van der Waals surface area contributed by atoms with Crippen molar-refractivity contribution >= 4 is 17.4 Å². The molecule has 3 heterocycles. The standard InChI is InChI=1S/C14H14N4OS/c1-10-4-3-6-18-12(19)8-11(16-13(10)18)9-20-14-15-5-7-17(14)2/h3-8H,9H2,1-2H3. The lowest BCUT2D eigenvalue weighted by Crippen LogP contribution is -2.15. The molecule has 3 rings (SSSR count). The van der Waals surface area contributed by atoms with Gasteiger partial charge in [0.05, 0.1) is 5.69 Å². The Balaban J connectivity index is 1.95. The smallest absolute Gasteiger partial charge is 0.258 e. The minimum atomic E-state index is -0.0471. The van der Waals surface area contributed by atoms with E-state index in [0.29, 0.717) is 5.75 Å². The molecule has 0 aliphatic heterocycles. The Morgan fingerprint density at radius 1 is 1.35 bits per heavy atom. The van der Waals surface area contributed by atoms with E-state index in [2.05, 4.69) is 9.97 Å². The Morgan fingerprint density at radius 3 is 2.95 bits per heavy atom. The van der Waals surface area contributed by atoms with E-state index in [1.165, 1.54) is 0 Å². The van der Waals surface area contributed by atoms with E-state index in [-0.39, 0.29) is 5.56 Å². The molecule has 0 unspecified atom stereocenters. The van der Waals surface area contributed by atoms with Crippen LogP contribution < -0.4 is 5.56 Å². The molecule has 0 amide bonds. The Morgan fingerprint density at radius 2 is 2.20 bits per heavy atom. The maximum atomic E-state index is 12.1. The maximum Gasteiger partial charge on any atom is 0.258 e. The Labute approximate surface area is 120 Å². The second-order valence-corrected chi connectivity index (χ2v) is 5.52. The molecule has 20 heavy (non-hydrogen) atoms. The Bertz CT molecular complexity index is 821. The number of aryl methyl sites for hydroxylation is 2. The molecule has 102 valence electrons. The lowest BCUT2D eigenvalue weighted by molar-refractivity contribution is 0.789. The number of hydrogen-bond donors (Lipinski definition) is 0. The van der Waals surface area contributed by atoms with Crippen LogP contribution in [0.4, 0.5) is 0 Å². The molecule has 3 aromatic rings. The van der Waals surface area contributed by atoms with Gasteiger partial charge in [0.2, 0.25) is 0 Å². The lowest BCUT2D eigenvalue weighted by atomic mass is 10.3. The minimum absolute atomic E-state index is 0.0471. The molecule has 0 saturated carbocycles. The number of imidazole rings is 1. The molecule has 0 fully saturated rings. The molecule has 0 spiro atoms. The zero-order valence-electron chi connectivity index (χ0n) is 11.3. The van der Waals surface area contributed by atoms with Crippen molar-refractivity contribution in [3.63, 3.8) is 0 Å². The van der Waals surface area contributed by atoms with Crippen molar-refractivity contribution in [3.8, 4) is 0 Å². The molecular formula is C14H14N4OS. The summed E-state index contributed by atoms with van der Waals surface area (Å²) in [5.74, 6) is 0.630. The molecule has 5 nitrogen and oxygen atoms in total. The maximum absolute atomic E-state index is 12.1. The van der Waals surface area contributed by atoms with Gasteiger partial charge in [-0.3, -0.25) is 9.20 Å². The number of pyridine rings is 1. The molecule has 0 aromatic carbocycles. The molecule has 3 aromatic heterocycles. The van der Waals surface area contributed by atoms with E-state index in [1.54, 1.807) is 34.6 Å². The first-order valence-electron chi connectivity index (χ1n) is 6.23. The highest BCUT2D eigenvalue weighted by molar-refractivity contribution is 7.98. The topological polar surface area (TPSA) is 52.2 Å². The van der Waals surface area contributed by atoms with Crippen LogP contribution in [-0.4, -0.2) is 18.9 Å². The summed E-state index contributed by atoms with van der Waals surface area (Å²) in [4.78, 5) is 20.9. The number of fused-ring (bicyclic) bond motifs is 1. The van der Waals surface area contributed by atoms with Crippen LogP contribution in [-0.2, 0) is 12.8 Å². The molecule has 0 saturated heterocycles. The van der Waals surface area contributed by atoms with E-state index in [0.717, 1.165) is 22.1 Å². The van der Waals surface area contributed by atoms with Crippen molar-refractivity contribution in [2.45, 2.75) is 17.8 Å². The normalized spacial score (nSPS) is 11.1. The van der Waals surface area contributed by atoms with Crippen LogP contribution in [0.5, 0.6) is 0 Å². The third kappa shape index (κ3) is 2.34. The van der Waals surface area contributed by atoms with Crippen molar-refractivity contribution in [2.75, 3.05) is 0 Å². The highest BCUT2D eigenvalue weighted by Crippen LogP contribution is 2.19. The highest BCUT2D eigenvalue weighted by Gasteiger charge is 2.06. The van der Waals surface area contributed by atoms with E-state index in [9.17, 15) is 4.79 Å². The van der Waals surface area contributed by atoms with E-state index in [4.69, 9.17) is 0 Å². The summed E-state index contributed by atoms with van der Waals surface area (Å²) in [7, 11) is 1.95. The SMILES string of the molecule is Cc1cccn2c(=O)cc(CSc3nccn3C)nc12. The fourth-order valence-electron chi connectivity index (χ4n) is 2.01. The van der Waals surface area contributed by atoms with E-state index < -0.39 is 0 Å². The molecule has 0 aliphatic rings. The number of thioether (sulfide) groups is 1. The quantitative estimate of drug-likeness (QED) is 0.691. The number of rotatable bonds is 3. The van der Waals surface area contributed by atoms with Crippen molar-refractivity contribution in [2.24, 2.45) is 7.05 Å². The van der Waals surface area contributed by atoms with Gasteiger partial charge in [-0.1, -0.05) is 17.8 Å². The molecular weight excluding hydrogens is 272 g/mol. The monoisotopic (exact) mass is 286 g/mol. The molecule has 0 radical (unpaired) electrons. The van der Waals surface area contributed by atoms with Gasteiger partial charge in [0.1, 0.15) is 5.65 Å². The summed E-state index contributed by atoms with van der Waals surface area (Å²) in [5.41, 5.74) is 2.44. The zero-order chi connectivity index (χ0) is 14.1. The number of nitrogens with zero attached hydrogens (tertiary/aromatic N) is 4. The predicted octanol–water partition coefficient (Wildman–Crippen LogP) is 2.03. The molecule has 0 bridgehead atoms. The largest absolute Gasteiger partial charge is 0.329 e.